The van der Waals surface area contributed by atoms with Crippen molar-refractivity contribution in [2.24, 2.45) is 5.41 Å². The van der Waals surface area contributed by atoms with E-state index in [1.54, 1.807) is 37.3 Å². The lowest BCUT2D eigenvalue weighted by atomic mass is 9.64. The molecule has 4 aromatic rings. The van der Waals surface area contributed by atoms with Gasteiger partial charge in [0.2, 0.25) is 5.78 Å². The predicted octanol–water partition coefficient (Wildman–Crippen LogP) is 10.5. The maximum absolute atomic E-state index is 14.7. The van der Waals surface area contributed by atoms with Gasteiger partial charge in [-0.15, -0.1) is 0 Å². The molecule has 322 valence electrons. The number of hydrogen-bond donors (Lipinski definition) is 3. The number of benzene rings is 3. The van der Waals surface area contributed by atoms with E-state index in [9.17, 15) is 33.0 Å². The molecule has 4 unspecified atom stereocenters. The van der Waals surface area contributed by atoms with Gasteiger partial charge in [0.15, 0.2) is 5.76 Å². The fourth-order valence-corrected chi connectivity index (χ4v) is 9.08. The monoisotopic (exact) mass is 850 g/mol. The molecule has 3 aliphatic rings. The van der Waals surface area contributed by atoms with E-state index >= 15 is 0 Å². The number of aliphatic hydroxyl groups excluding tert-OH is 1. The zero-order valence-corrected chi connectivity index (χ0v) is 35.7. The first-order chi connectivity index (χ1) is 28.3. The topological polar surface area (TPSA) is 121 Å². The second kappa shape index (κ2) is 18.1. The zero-order chi connectivity index (χ0) is 43.6. The number of carbonyl (C=O) groups excluding carboxylic acids is 2. The van der Waals surface area contributed by atoms with Crippen LogP contribution in [0, 0.1) is 5.41 Å². The smallest absolute Gasteiger partial charge is 0.416 e. The number of methoxy groups -OCH3 is 2. The molecule has 60 heavy (non-hydrogen) atoms. The molecule has 3 aliphatic carbocycles. The van der Waals surface area contributed by atoms with Gasteiger partial charge in [0.25, 0.3) is 0 Å². The molecule has 0 aliphatic heterocycles. The molecule has 1 aromatic heterocycles. The minimum Gasteiger partial charge on any atom is -0.497 e. The van der Waals surface area contributed by atoms with Crippen molar-refractivity contribution in [3.8, 4) is 22.8 Å². The van der Waals surface area contributed by atoms with Crippen LogP contribution in [0.2, 0.25) is 5.02 Å². The van der Waals surface area contributed by atoms with Crippen molar-refractivity contribution >= 4 is 23.4 Å². The largest absolute Gasteiger partial charge is 0.497 e. The number of ketones is 1. The highest BCUT2D eigenvalue weighted by Gasteiger charge is 2.58. The molecule has 3 aromatic carbocycles. The Balaban J connectivity index is 1.43. The van der Waals surface area contributed by atoms with Crippen LogP contribution in [-0.4, -0.2) is 65.4 Å². The van der Waals surface area contributed by atoms with Crippen molar-refractivity contribution in [1.82, 2.24) is 10.2 Å². The van der Waals surface area contributed by atoms with Gasteiger partial charge in [0.05, 0.1) is 49.6 Å². The van der Waals surface area contributed by atoms with E-state index in [1.807, 2.05) is 45.9 Å². The summed E-state index contributed by atoms with van der Waals surface area (Å²) in [6, 6.07) is 16.2. The Morgan fingerprint density at radius 2 is 1.78 bits per heavy atom. The van der Waals surface area contributed by atoms with Gasteiger partial charge in [0.1, 0.15) is 17.3 Å². The van der Waals surface area contributed by atoms with Crippen LogP contribution in [0.25, 0.3) is 11.3 Å². The SMILES string of the molecule is COc1ccc(CN(CC2(O)CCC3c4ccc(cc4C(=O)c4ccc(-c5cc(C(F)(F)F)ccc5Cl)o4)CC(O)CCC(C)=CCCC32C)C(=O)NC(C)C)c(OC)c1. The molecule has 1 fully saturated rings. The van der Waals surface area contributed by atoms with Gasteiger partial charge in [-0.3, -0.25) is 4.79 Å². The van der Waals surface area contributed by atoms with Crippen LogP contribution in [0.5, 0.6) is 11.5 Å². The molecule has 1 heterocycles. The van der Waals surface area contributed by atoms with Crippen LogP contribution in [0.15, 0.2) is 82.8 Å². The molecule has 13 heteroatoms. The number of aliphatic hydroxyl groups is 2. The highest BCUT2D eigenvalue weighted by molar-refractivity contribution is 6.33. The third-order valence-corrected chi connectivity index (χ3v) is 12.6. The molecule has 2 amide bonds. The summed E-state index contributed by atoms with van der Waals surface area (Å²) in [5, 5.41) is 27.2. The number of hydrogen-bond acceptors (Lipinski definition) is 7. The van der Waals surface area contributed by atoms with E-state index in [0.717, 1.165) is 34.9 Å². The van der Waals surface area contributed by atoms with E-state index < -0.39 is 34.6 Å². The molecule has 3 N–H and O–H groups in total. The Bertz CT molecular complexity index is 2240. The highest BCUT2D eigenvalue weighted by atomic mass is 35.5. The number of carbonyl (C=O) groups is 2. The number of nitrogens with one attached hydrogen (secondary N) is 1. The van der Waals surface area contributed by atoms with E-state index in [2.05, 4.69) is 11.4 Å². The minimum absolute atomic E-state index is 0.000196. The van der Waals surface area contributed by atoms with E-state index in [4.69, 9.17) is 25.5 Å². The maximum atomic E-state index is 14.7. The van der Waals surface area contributed by atoms with Gasteiger partial charge < -0.3 is 34.3 Å². The van der Waals surface area contributed by atoms with E-state index in [1.165, 1.54) is 12.1 Å². The number of alkyl halides is 3. The molecule has 1 saturated carbocycles. The van der Waals surface area contributed by atoms with Crippen molar-refractivity contribution in [2.45, 2.75) is 109 Å². The Kier molecular flexibility index (Phi) is 13.5. The van der Waals surface area contributed by atoms with Crippen molar-refractivity contribution < 1.29 is 46.9 Å². The molecule has 4 atom stereocenters. The number of ether oxygens (including phenoxy) is 2. The number of amides is 2. The summed E-state index contributed by atoms with van der Waals surface area (Å²) in [6.07, 6.45) is 0.212. The van der Waals surface area contributed by atoms with E-state index in [-0.39, 0.29) is 59.6 Å². The summed E-state index contributed by atoms with van der Waals surface area (Å²) < 4.78 is 58.0. The van der Waals surface area contributed by atoms with Crippen LogP contribution in [0.3, 0.4) is 0 Å². The van der Waals surface area contributed by atoms with Crippen molar-refractivity contribution in [1.29, 1.82) is 0 Å². The van der Waals surface area contributed by atoms with E-state index in [0.29, 0.717) is 61.2 Å². The van der Waals surface area contributed by atoms with Crippen molar-refractivity contribution in [2.75, 3.05) is 20.8 Å². The third kappa shape index (κ3) is 9.56. The lowest BCUT2D eigenvalue weighted by Gasteiger charge is -2.46. The van der Waals surface area contributed by atoms with Gasteiger partial charge in [-0.2, -0.15) is 13.2 Å². The molecule has 9 nitrogen and oxygen atoms in total. The fraction of sp³-hybridized carbons (Fsp3) is 0.447. The summed E-state index contributed by atoms with van der Waals surface area (Å²) in [5.41, 5.74) is 0.304. The predicted molar refractivity (Wildman–Crippen MR) is 225 cm³/mol. The maximum Gasteiger partial charge on any atom is 0.416 e. The summed E-state index contributed by atoms with van der Waals surface area (Å²) in [4.78, 5) is 30.3. The van der Waals surface area contributed by atoms with Crippen LogP contribution in [0.4, 0.5) is 18.0 Å². The van der Waals surface area contributed by atoms with Crippen LogP contribution in [-0.2, 0) is 19.1 Å². The molecule has 7 rings (SSSR count). The van der Waals surface area contributed by atoms with Crippen LogP contribution < -0.4 is 14.8 Å². The molecular weight excluding hydrogens is 797 g/mol. The number of rotatable bonds is 10. The first-order valence-corrected chi connectivity index (χ1v) is 20.7. The van der Waals surface area contributed by atoms with Crippen LogP contribution in [0.1, 0.15) is 111 Å². The molecule has 0 saturated heterocycles. The Labute approximate surface area is 354 Å². The first-order valence-electron chi connectivity index (χ1n) is 20.3. The average molecular weight is 851 g/mol. The number of urea groups is 1. The van der Waals surface area contributed by atoms with Gasteiger partial charge >= 0.3 is 12.2 Å². The second-order valence-corrected chi connectivity index (χ2v) is 17.2. The van der Waals surface area contributed by atoms with Gasteiger partial charge in [-0.1, -0.05) is 42.3 Å². The van der Waals surface area contributed by atoms with Gasteiger partial charge in [0, 0.05) is 34.2 Å². The summed E-state index contributed by atoms with van der Waals surface area (Å²) >= 11 is 6.34. The normalized spacial score (nSPS) is 22.2. The van der Waals surface area contributed by atoms with Crippen molar-refractivity contribution in [3.05, 3.63) is 117 Å². The minimum atomic E-state index is -4.62. The summed E-state index contributed by atoms with van der Waals surface area (Å²) in [6.45, 7) is 7.91. The number of fused-ring (bicyclic) bond motifs is 8. The van der Waals surface area contributed by atoms with Gasteiger partial charge in [-0.25, -0.2) is 4.79 Å². The third-order valence-electron chi connectivity index (χ3n) is 12.3. The number of nitrogens with zero attached hydrogens (tertiary/aromatic N) is 1. The Morgan fingerprint density at radius 3 is 2.48 bits per heavy atom. The second-order valence-electron chi connectivity index (χ2n) is 16.8. The van der Waals surface area contributed by atoms with Crippen LogP contribution >= 0.6 is 11.6 Å². The molecule has 2 bridgehead atoms. The lowest BCUT2D eigenvalue weighted by molar-refractivity contribution is -0.137. The number of furan rings is 1. The van der Waals surface area contributed by atoms with Crippen molar-refractivity contribution in [3.63, 3.8) is 0 Å². The van der Waals surface area contributed by atoms with Gasteiger partial charge in [-0.05, 0) is 131 Å². The Hall–Kier alpha value is -4.78. The molecule has 0 radical (unpaired) electrons. The molecule has 0 spiro atoms. The molecular formula is C47H54ClF3N2O7. The quantitative estimate of drug-likeness (QED) is 0.107. The number of halogens is 4. The Morgan fingerprint density at radius 1 is 1.02 bits per heavy atom. The number of allylic oxidation sites excluding steroid dienone is 2. The summed E-state index contributed by atoms with van der Waals surface area (Å²) in [7, 11) is 3.11. The zero-order valence-electron chi connectivity index (χ0n) is 34.9. The first kappa shape index (κ1) is 44.8. The fourth-order valence-electron chi connectivity index (χ4n) is 8.87. The average Bonchev–Trinajstić information content (AvgIpc) is 3.78. The summed E-state index contributed by atoms with van der Waals surface area (Å²) in [5.74, 6) is 0.147. The highest BCUT2D eigenvalue weighted by Crippen LogP contribution is 2.59. The lowest BCUT2D eigenvalue weighted by Crippen LogP contribution is -2.55. The standard InChI is InChI=1S/C47H54ClF3N2O7/c1-28(2)52-44(56)53(26-31-11-14-34(58-5)25-42(31)59-6)27-46(57)21-19-38-35-15-10-30(22-33(54)13-9-29(3)8-7-20-45(38,46)4)23-36(35)43(55)41-18-17-40(60-41)37-24-32(47(49,50)51)12-16-39(37)48/h8,10-12,14-18,23-25,28,33,38,54,57H,7,9,13,19-22,26-27H2,1-6H3,(H,52,56).